The maximum absolute atomic E-state index is 2.40. The van der Waals surface area contributed by atoms with Gasteiger partial charge in [0.2, 0.25) is 0 Å². The van der Waals surface area contributed by atoms with Gasteiger partial charge in [0.05, 0.1) is 8.07 Å². The fourth-order valence-electron chi connectivity index (χ4n) is 1.35. The van der Waals surface area contributed by atoms with E-state index in [-0.39, 0.29) is 0 Å². The van der Waals surface area contributed by atoms with Crippen LogP contribution in [0.1, 0.15) is 0 Å². The van der Waals surface area contributed by atoms with E-state index in [2.05, 4.69) is 50.0 Å². The van der Waals surface area contributed by atoms with Crippen LogP contribution in [0, 0.1) is 0 Å². The van der Waals surface area contributed by atoms with Gasteiger partial charge in [-0.2, -0.15) is 0 Å². The van der Waals surface area contributed by atoms with E-state index in [1.54, 1.807) is 4.50 Å². The molecule has 68 valence electrons. The van der Waals surface area contributed by atoms with Crippen molar-refractivity contribution in [3.63, 3.8) is 0 Å². The summed E-state index contributed by atoms with van der Waals surface area (Å²) in [5.41, 5.74) is 0. The summed E-state index contributed by atoms with van der Waals surface area (Å²) in [5.74, 6) is 0. The molecular weight excluding hydrogens is 192 g/mol. The molecule has 1 aromatic carbocycles. The van der Waals surface area contributed by atoms with Gasteiger partial charge in [0.1, 0.15) is 0 Å². The topological polar surface area (TPSA) is 0 Å². The minimum Gasteiger partial charge on any atom is -0.145 e. The summed E-state index contributed by atoms with van der Waals surface area (Å²) in [4.78, 5) is 0. The lowest BCUT2D eigenvalue weighted by Gasteiger charge is -2.11. The lowest BCUT2D eigenvalue weighted by atomic mass is 10.3. The van der Waals surface area contributed by atoms with Crippen molar-refractivity contribution in [1.29, 1.82) is 0 Å². The van der Waals surface area contributed by atoms with Gasteiger partial charge >= 0.3 is 0 Å². The van der Waals surface area contributed by atoms with Crippen LogP contribution >= 0.6 is 11.3 Å². The van der Waals surface area contributed by atoms with Crippen molar-refractivity contribution in [2.75, 3.05) is 0 Å². The van der Waals surface area contributed by atoms with Gasteiger partial charge in [0, 0.05) is 4.70 Å². The Bertz CT molecular complexity index is 390. The molecule has 2 heteroatoms. The van der Waals surface area contributed by atoms with Gasteiger partial charge in [-0.3, -0.25) is 0 Å². The molecule has 0 aliphatic heterocycles. The lowest BCUT2D eigenvalue weighted by molar-refractivity contribution is 1.79. The maximum atomic E-state index is 2.40. The first kappa shape index (κ1) is 8.97. The molecule has 0 fully saturated rings. The Kier molecular flexibility index (Phi) is 2.04. The third-order valence-electron chi connectivity index (χ3n) is 2.16. The third kappa shape index (κ3) is 1.69. The van der Waals surface area contributed by atoms with E-state index >= 15 is 0 Å². The first-order valence-electron chi connectivity index (χ1n) is 4.56. The highest BCUT2D eigenvalue weighted by Gasteiger charge is 2.18. The molecule has 0 saturated heterocycles. The van der Waals surface area contributed by atoms with Gasteiger partial charge < -0.3 is 0 Å². The summed E-state index contributed by atoms with van der Waals surface area (Å²) in [6.07, 6.45) is 0. The summed E-state index contributed by atoms with van der Waals surface area (Å²) in [6.45, 7) is 7.20. The molecule has 0 nitrogen and oxygen atoms in total. The standard InChI is InChI=1S/C11H14SSi/c1-13(2,3)11-8-9-6-4-5-7-10(9)12-11/h4-8H,1-3H3. The smallest absolute Gasteiger partial charge is 0.0904 e. The molecule has 0 amide bonds. The average molecular weight is 206 g/mol. The molecule has 0 N–H and O–H groups in total. The zero-order chi connectivity index (χ0) is 9.47. The summed E-state index contributed by atoms with van der Waals surface area (Å²) in [7, 11) is -1.10. The van der Waals surface area contributed by atoms with Crippen LogP contribution in [0.2, 0.25) is 19.6 Å². The van der Waals surface area contributed by atoms with Crippen molar-refractivity contribution < 1.29 is 0 Å². The highest BCUT2D eigenvalue weighted by atomic mass is 32.1. The van der Waals surface area contributed by atoms with Crippen molar-refractivity contribution >= 4 is 34.0 Å². The minimum atomic E-state index is -1.10. The van der Waals surface area contributed by atoms with Gasteiger partial charge in [-0.25, -0.2) is 0 Å². The largest absolute Gasteiger partial charge is 0.145 e. The number of fused-ring (bicyclic) bond motifs is 1. The fraction of sp³-hybridized carbons (Fsp3) is 0.273. The first-order chi connectivity index (χ1) is 6.07. The van der Waals surface area contributed by atoms with E-state index in [0.29, 0.717) is 0 Å². The minimum absolute atomic E-state index is 1.10. The van der Waals surface area contributed by atoms with Crippen LogP contribution in [0.4, 0.5) is 0 Å². The molecule has 1 heterocycles. The Morgan fingerprint density at radius 3 is 2.38 bits per heavy atom. The second kappa shape index (κ2) is 2.96. The van der Waals surface area contributed by atoms with E-state index in [9.17, 15) is 0 Å². The van der Waals surface area contributed by atoms with Gasteiger partial charge in [0.15, 0.2) is 0 Å². The molecule has 2 rings (SSSR count). The molecular formula is C11H14SSi. The molecule has 13 heavy (non-hydrogen) atoms. The Hall–Kier alpha value is -0.603. The van der Waals surface area contributed by atoms with Crippen LogP contribution in [0.5, 0.6) is 0 Å². The van der Waals surface area contributed by atoms with Crippen molar-refractivity contribution in [2.24, 2.45) is 0 Å². The highest BCUT2D eigenvalue weighted by molar-refractivity contribution is 7.31. The number of hydrogen-bond acceptors (Lipinski definition) is 1. The monoisotopic (exact) mass is 206 g/mol. The van der Waals surface area contributed by atoms with E-state index in [4.69, 9.17) is 0 Å². The maximum Gasteiger partial charge on any atom is 0.0904 e. The number of thiophene rings is 1. The van der Waals surface area contributed by atoms with Crippen LogP contribution < -0.4 is 4.50 Å². The van der Waals surface area contributed by atoms with Gasteiger partial charge in [-0.1, -0.05) is 37.8 Å². The highest BCUT2D eigenvalue weighted by Crippen LogP contribution is 2.21. The summed E-state index contributed by atoms with van der Waals surface area (Å²) >= 11 is 1.97. The second-order valence-electron chi connectivity index (χ2n) is 4.40. The molecule has 1 aromatic heterocycles. The normalized spacial score (nSPS) is 12.2. The summed E-state index contributed by atoms with van der Waals surface area (Å²) in [6, 6.07) is 11.0. The molecule has 0 bridgehead atoms. The Balaban J connectivity index is 2.63. The van der Waals surface area contributed by atoms with E-state index in [1.165, 1.54) is 10.1 Å². The van der Waals surface area contributed by atoms with Gasteiger partial charge in [0.25, 0.3) is 0 Å². The van der Waals surface area contributed by atoms with E-state index in [0.717, 1.165) is 0 Å². The van der Waals surface area contributed by atoms with Gasteiger partial charge in [-0.15, -0.1) is 11.3 Å². The summed E-state index contributed by atoms with van der Waals surface area (Å²) in [5, 5.41) is 1.41. The number of rotatable bonds is 1. The van der Waals surface area contributed by atoms with Crippen LogP contribution in [0.3, 0.4) is 0 Å². The van der Waals surface area contributed by atoms with Crippen LogP contribution in [-0.4, -0.2) is 8.07 Å². The molecule has 0 saturated carbocycles. The number of benzene rings is 1. The Morgan fingerprint density at radius 1 is 1.08 bits per heavy atom. The average Bonchev–Trinajstić information content (AvgIpc) is 2.45. The van der Waals surface area contributed by atoms with Gasteiger partial charge in [-0.05, 0) is 22.0 Å². The molecule has 0 unspecified atom stereocenters. The van der Waals surface area contributed by atoms with Crippen molar-refractivity contribution in [3.05, 3.63) is 30.3 Å². The van der Waals surface area contributed by atoms with Crippen LogP contribution in [-0.2, 0) is 0 Å². The zero-order valence-electron chi connectivity index (χ0n) is 8.29. The molecule has 2 aromatic rings. The van der Waals surface area contributed by atoms with Crippen molar-refractivity contribution in [2.45, 2.75) is 19.6 Å². The van der Waals surface area contributed by atoms with Crippen molar-refractivity contribution in [3.8, 4) is 0 Å². The fourth-order valence-corrected chi connectivity index (χ4v) is 4.31. The molecule has 0 aliphatic rings. The lowest BCUT2D eigenvalue weighted by Crippen LogP contribution is -2.34. The third-order valence-corrected chi connectivity index (χ3v) is 6.86. The second-order valence-corrected chi connectivity index (χ2v) is 10.9. The Morgan fingerprint density at radius 2 is 1.77 bits per heavy atom. The Labute approximate surface area is 84.2 Å². The first-order valence-corrected chi connectivity index (χ1v) is 8.88. The summed E-state index contributed by atoms with van der Waals surface area (Å²) < 4.78 is 3.04. The van der Waals surface area contributed by atoms with E-state index < -0.39 is 8.07 Å². The van der Waals surface area contributed by atoms with E-state index in [1.807, 2.05) is 11.3 Å². The zero-order valence-corrected chi connectivity index (χ0v) is 10.1. The quantitative estimate of drug-likeness (QED) is 0.627. The molecule has 0 aliphatic carbocycles. The SMILES string of the molecule is C[Si](C)(C)c1cc2ccccc2s1. The van der Waals surface area contributed by atoms with Crippen LogP contribution in [0.15, 0.2) is 30.3 Å². The van der Waals surface area contributed by atoms with Crippen molar-refractivity contribution in [1.82, 2.24) is 0 Å². The molecule has 0 atom stereocenters. The predicted molar refractivity (Wildman–Crippen MR) is 64.8 cm³/mol. The predicted octanol–water partition coefficient (Wildman–Crippen LogP) is 3.45. The molecule has 0 spiro atoms. The number of hydrogen-bond donors (Lipinski definition) is 0. The molecule has 0 radical (unpaired) electrons. The van der Waals surface area contributed by atoms with Crippen LogP contribution in [0.25, 0.3) is 10.1 Å².